The molecule has 0 saturated heterocycles. The highest BCUT2D eigenvalue weighted by Crippen LogP contribution is 2.21. The molecule has 3 aromatic carbocycles. The monoisotopic (exact) mass is 519 g/mol. The molecule has 0 heterocycles. The Bertz CT molecular complexity index is 1280. The number of rotatable bonds is 13. The maximum absolute atomic E-state index is 12.5. The molecule has 0 spiro atoms. The third-order valence-corrected chi connectivity index (χ3v) is 5.71. The average molecular weight is 520 g/mol. The molecule has 0 atom stereocenters. The molecule has 0 amide bonds. The number of benzene rings is 3. The zero-order chi connectivity index (χ0) is 27.5. The van der Waals surface area contributed by atoms with Gasteiger partial charge >= 0.3 is 11.9 Å². The number of aryl methyl sites for hydroxylation is 1. The first-order valence-electron chi connectivity index (χ1n) is 11.8. The van der Waals surface area contributed by atoms with Crippen LogP contribution in [0.1, 0.15) is 31.8 Å². The molecule has 0 aliphatic heterocycles. The predicted octanol–water partition coefficient (Wildman–Crippen LogP) is 3.82. The molecule has 0 aromatic heterocycles. The molecule has 0 unspecified atom stereocenters. The van der Waals surface area contributed by atoms with Gasteiger partial charge in [0.05, 0.1) is 20.6 Å². The SMILES string of the molecule is COc1ccc(C(=O)COC(=O)CNc2cccc(C)c2CC(=O)OCC(=O)c2ccc(OC)cc2)cc1. The van der Waals surface area contributed by atoms with Crippen LogP contribution in [0.5, 0.6) is 11.5 Å². The Morgan fingerprint density at radius 3 is 1.68 bits per heavy atom. The number of hydrogen-bond donors (Lipinski definition) is 1. The van der Waals surface area contributed by atoms with Crippen LogP contribution in [0.3, 0.4) is 0 Å². The van der Waals surface area contributed by atoms with E-state index in [2.05, 4.69) is 5.32 Å². The van der Waals surface area contributed by atoms with Gasteiger partial charge in [-0.3, -0.25) is 19.2 Å². The van der Waals surface area contributed by atoms with Crippen molar-refractivity contribution in [1.29, 1.82) is 0 Å². The molecule has 0 saturated carbocycles. The summed E-state index contributed by atoms with van der Waals surface area (Å²) in [6, 6.07) is 18.3. The van der Waals surface area contributed by atoms with Crippen LogP contribution in [0.15, 0.2) is 66.7 Å². The van der Waals surface area contributed by atoms with E-state index in [-0.39, 0.29) is 24.5 Å². The Labute approximate surface area is 220 Å². The molecule has 0 aliphatic rings. The quantitative estimate of drug-likeness (QED) is 0.266. The summed E-state index contributed by atoms with van der Waals surface area (Å²) in [6.45, 7) is 0.815. The number of carbonyl (C=O) groups is 4. The fourth-order valence-electron chi connectivity index (χ4n) is 3.53. The van der Waals surface area contributed by atoms with Crippen LogP contribution in [-0.2, 0) is 25.5 Å². The van der Waals surface area contributed by atoms with E-state index < -0.39 is 25.2 Å². The van der Waals surface area contributed by atoms with Crippen molar-refractivity contribution < 1.29 is 38.1 Å². The minimum absolute atomic E-state index is 0.101. The second-order valence-corrected chi connectivity index (χ2v) is 8.26. The van der Waals surface area contributed by atoms with E-state index in [9.17, 15) is 19.2 Å². The third-order valence-electron chi connectivity index (χ3n) is 5.71. The average Bonchev–Trinajstić information content (AvgIpc) is 2.95. The summed E-state index contributed by atoms with van der Waals surface area (Å²) < 4.78 is 20.4. The standard InChI is InChI=1S/C29H29NO8/c1-19-5-4-6-25(30-16-29(34)38-18-27(32)21-9-13-23(36-3)14-10-21)24(19)15-28(33)37-17-26(31)20-7-11-22(35-2)12-8-20/h4-14,30H,15-18H2,1-3H3. The van der Waals surface area contributed by atoms with Crippen molar-refractivity contribution in [3.05, 3.63) is 89.0 Å². The number of nitrogens with one attached hydrogen (secondary N) is 1. The number of anilines is 1. The summed E-state index contributed by atoms with van der Waals surface area (Å²) in [5.74, 6) is -0.667. The maximum atomic E-state index is 12.5. The van der Waals surface area contributed by atoms with Crippen LogP contribution < -0.4 is 14.8 Å². The number of Topliss-reactive ketones (excluding diaryl/α,β-unsaturated/α-hetero) is 2. The van der Waals surface area contributed by atoms with Gasteiger partial charge in [0.25, 0.3) is 0 Å². The van der Waals surface area contributed by atoms with E-state index in [0.29, 0.717) is 33.9 Å². The Hall–Kier alpha value is -4.66. The molecule has 0 fully saturated rings. The summed E-state index contributed by atoms with van der Waals surface area (Å²) in [4.78, 5) is 49.3. The molecule has 1 N–H and O–H groups in total. The van der Waals surface area contributed by atoms with Gasteiger partial charge in [0.1, 0.15) is 18.0 Å². The Morgan fingerprint density at radius 1 is 0.684 bits per heavy atom. The fraction of sp³-hybridized carbons (Fsp3) is 0.241. The summed E-state index contributed by atoms with van der Waals surface area (Å²) in [6.07, 6.45) is -0.101. The Kier molecular flexibility index (Phi) is 9.99. The molecule has 198 valence electrons. The van der Waals surface area contributed by atoms with Crippen molar-refractivity contribution in [2.24, 2.45) is 0 Å². The highest BCUT2D eigenvalue weighted by Gasteiger charge is 2.16. The number of esters is 2. The summed E-state index contributed by atoms with van der Waals surface area (Å²) in [5, 5.41) is 2.95. The van der Waals surface area contributed by atoms with Gasteiger partial charge in [0, 0.05) is 16.8 Å². The zero-order valence-corrected chi connectivity index (χ0v) is 21.4. The fourth-order valence-corrected chi connectivity index (χ4v) is 3.53. The highest BCUT2D eigenvalue weighted by atomic mass is 16.5. The van der Waals surface area contributed by atoms with Gasteiger partial charge < -0.3 is 24.3 Å². The number of ketones is 2. The van der Waals surface area contributed by atoms with E-state index in [1.165, 1.54) is 14.2 Å². The molecule has 0 radical (unpaired) electrons. The van der Waals surface area contributed by atoms with Gasteiger partial charge in [-0.1, -0.05) is 12.1 Å². The van der Waals surface area contributed by atoms with E-state index >= 15 is 0 Å². The van der Waals surface area contributed by atoms with Gasteiger partial charge in [-0.2, -0.15) is 0 Å². The molecular weight excluding hydrogens is 490 g/mol. The molecule has 0 aliphatic carbocycles. The van der Waals surface area contributed by atoms with Crippen LogP contribution in [-0.4, -0.2) is 57.5 Å². The molecule has 9 heteroatoms. The van der Waals surface area contributed by atoms with E-state index in [0.717, 1.165) is 5.56 Å². The highest BCUT2D eigenvalue weighted by molar-refractivity contribution is 5.98. The smallest absolute Gasteiger partial charge is 0.325 e. The van der Waals surface area contributed by atoms with Crippen LogP contribution in [0.2, 0.25) is 0 Å². The predicted molar refractivity (Wildman–Crippen MR) is 140 cm³/mol. The van der Waals surface area contributed by atoms with E-state index in [1.54, 1.807) is 60.7 Å². The van der Waals surface area contributed by atoms with Crippen LogP contribution in [0.25, 0.3) is 0 Å². The normalized spacial score (nSPS) is 10.3. The summed E-state index contributed by atoms with van der Waals surface area (Å²) in [7, 11) is 3.06. The molecule has 38 heavy (non-hydrogen) atoms. The van der Waals surface area contributed by atoms with E-state index in [1.807, 2.05) is 13.0 Å². The zero-order valence-electron chi connectivity index (χ0n) is 21.4. The molecular formula is C29H29NO8. The largest absolute Gasteiger partial charge is 0.497 e. The molecule has 3 aromatic rings. The Morgan fingerprint density at radius 2 is 1.18 bits per heavy atom. The van der Waals surface area contributed by atoms with Crippen molar-refractivity contribution in [3.8, 4) is 11.5 Å². The second kappa shape index (κ2) is 13.6. The molecule has 9 nitrogen and oxygen atoms in total. The lowest BCUT2D eigenvalue weighted by atomic mass is 10.0. The molecule has 0 bridgehead atoms. The number of methoxy groups -OCH3 is 2. The topological polar surface area (TPSA) is 117 Å². The van der Waals surface area contributed by atoms with Gasteiger partial charge in [0.2, 0.25) is 0 Å². The second-order valence-electron chi connectivity index (χ2n) is 8.26. The van der Waals surface area contributed by atoms with Crippen molar-refractivity contribution >= 4 is 29.2 Å². The van der Waals surface area contributed by atoms with Crippen molar-refractivity contribution in [3.63, 3.8) is 0 Å². The first-order chi connectivity index (χ1) is 18.3. The van der Waals surface area contributed by atoms with Crippen molar-refractivity contribution in [1.82, 2.24) is 0 Å². The number of hydrogen-bond acceptors (Lipinski definition) is 9. The third kappa shape index (κ3) is 7.92. The summed E-state index contributed by atoms with van der Waals surface area (Å²) in [5.41, 5.74) is 2.77. The van der Waals surface area contributed by atoms with Gasteiger partial charge in [-0.15, -0.1) is 0 Å². The molecule has 3 rings (SSSR count). The number of ether oxygens (including phenoxy) is 4. The first-order valence-corrected chi connectivity index (χ1v) is 11.8. The van der Waals surface area contributed by atoms with Crippen LogP contribution in [0.4, 0.5) is 5.69 Å². The van der Waals surface area contributed by atoms with E-state index in [4.69, 9.17) is 18.9 Å². The Balaban J connectivity index is 1.50. The number of carbonyl (C=O) groups excluding carboxylic acids is 4. The minimum Gasteiger partial charge on any atom is -0.497 e. The van der Waals surface area contributed by atoms with Crippen molar-refractivity contribution in [2.75, 3.05) is 39.3 Å². The first kappa shape index (κ1) is 27.9. The summed E-state index contributed by atoms with van der Waals surface area (Å²) >= 11 is 0. The lowest BCUT2D eigenvalue weighted by Crippen LogP contribution is -2.22. The van der Waals surface area contributed by atoms with Gasteiger partial charge in [-0.05, 0) is 72.6 Å². The lowest BCUT2D eigenvalue weighted by molar-refractivity contribution is -0.142. The lowest BCUT2D eigenvalue weighted by Gasteiger charge is -2.14. The minimum atomic E-state index is -0.632. The maximum Gasteiger partial charge on any atom is 0.325 e. The van der Waals surface area contributed by atoms with Crippen molar-refractivity contribution in [2.45, 2.75) is 13.3 Å². The van der Waals surface area contributed by atoms with Crippen LogP contribution >= 0.6 is 0 Å². The van der Waals surface area contributed by atoms with Gasteiger partial charge in [-0.25, -0.2) is 0 Å². The van der Waals surface area contributed by atoms with Crippen LogP contribution in [0, 0.1) is 6.92 Å². The van der Waals surface area contributed by atoms with Gasteiger partial charge in [0.15, 0.2) is 24.8 Å².